The Morgan fingerprint density at radius 1 is 1.23 bits per heavy atom. The van der Waals surface area contributed by atoms with Crippen LogP contribution in [0.5, 0.6) is 0 Å². The van der Waals surface area contributed by atoms with Gasteiger partial charge in [0, 0.05) is 26.2 Å². The standard InChI is InChI=1S/C18H30N4/c1-4-19-18(22-11-6-7-12-22)20-14-16-9-8-10-17(13-16)15-21(3)5-2/h8-10,13H,4-7,11-12,14-15H2,1-3H3,(H,19,20). The highest BCUT2D eigenvalue weighted by molar-refractivity contribution is 5.80. The molecule has 1 aliphatic heterocycles. The quantitative estimate of drug-likeness (QED) is 0.647. The van der Waals surface area contributed by atoms with E-state index in [-0.39, 0.29) is 0 Å². The van der Waals surface area contributed by atoms with Crippen molar-refractivity contribution in [2.24, 2.45) is 4.99 Å². The van der Waals surface area contributed by atoms with E-state index in [1.807, 2.05) is 0 Å². The van der Waals surface area contributed by atoms with Crippen molar-refractivity contribution in [1.29, 1.82) is 0 Å². The number of hydrogen-bond donors (Lipinski definition) is 1. The second-order valence-corrected chi connectivity index (χ2v) is 6.01. The zero-order valence-electron chi connectivity index (χ0n) is 14.3. The summed E-state index contributed by atoms with van der Waals surface area (Å²) in [5.41, 5.74) is 2.65. The Morgan fingerprint density at radius 3 is 2.64 bits per heavy atom. The fraction of sp³-hybridized carbons (Fsp3) is 0.611. The summed E-state index contributed by atoms with van der Waals surface area (Å²) in [4.78, 5) is 9.51. The van der Waals surface area contributed by atoms with Crippen molar-refractivity contribution < 1.29 is 0 Å². The minimum Gasteiger partial charge on any atom is -0.357 e. The van der Waals surface area contributed by atoms with Gasteiger partial charge in [0.15, 0.2) is 5.96 Å². The van der Waals surface area contributed by atoms with E-state index in [1.165, 1.54) is 24.0 Å². The second kappa shape index (κ2) is 8.79. The van der Waals surface area contributed by atoms with Gasteiger partial charge < -0.3 is 15.1 Å². The van der Waals surface area contributed by atoms with Crippen LogP contribution in [0.1, 0.15) is 37.8 Å². The summed E-state index contributed by atoms with van der Waals surface area (Å²) >= 11 is 0. The van der Waals surface area contributed by atoms with Gasteiger partial charge in [-0.3, -0.25) is 0 Å². The summed E-state index contributed by atoms with van der Waals surface area (Å²) in [5, 5.41) is 3.42. The highest BCUT2D eigenvalue weighted by Gasteiger charge is 2.15. The molecule has 0 radical (unpaired) electrons. The van der Waals surface area contributed by atoms with Gasteiger partial charge in [0.1, 0.15) is 0 Å². The van der Waals surface area contributed by atoms with Gasteiger partial charge in [0.25, 0.3) is 0 Å². The van der Waals surface area contributed by atoms with Crippen LogP contribution in [-0.4, -0.2) is 49.0 Å². The van der Waals surface area contributed by atoms with E-state index in [9.17, 15) is 0 Å². The summed E-state index contributed by atoms with van der Waals surface area (Å²) in [6, 6.07) is 8.80. The lowest BCUT2D eigenvalue weighted by Gasteiger charge is -2.20. The number of nitrogens with one attached hydrogen (secondary N) is 1. The maximum Gasteiger partial charge on any atom is 0.194 e. The molecule has 2 rings (SSSR count). The molecule has 4 nitrogen and oxygen atoms in total. The average Bonchev–Trinajstić information content (AvgIpc) is 3.06. The highest BCUT2D eigenvalue weighted by Crippen LogP contribution is 2.11. The van der Waals surface area contributed by atoms with Gasteiger partial charge in [-0.25, -0.2) is 4.99 Å². The lowest BCUT2D eigenvalue weighted by atomic mass is 10.1. The molecule has 0 aliphatic carbocycles. The molecular formula is C18H30N4. The van der Waals surface area contributed by atoms with Crippen LogP contribution in [0.25, 0.3) is 0 Å². The third kappa shape index (κ3) is 5.02. The summed E-state index contributed by atoms with van der Waals surface area (Å²) in [5.74, 6) is 1.07. The maximum atomic E-state index is 4.82. The number of hydrogen-bond acceptors (Lipinski definition) is 2. The minimum absolute atomic E-state index is 0.752. The molecule has 1 aromatic carbocycles. The fourth-order valence-corrected chi connectivity index (χ4v) is 2.77. The molecule has 0 saturated carbocycles. The van der Waals surface area contributed by atoms with Gasteiger partial charge >= 0.3 is 0 Å². The van der Waals surface area contributed by atoms with Crippen molar-refractivity contribution in [3.63, 3.8) is 0 Å². The predicted molar refractivity (Wildman–Crippen MR) is 94.1 cm³/mol. The van der Waals surface area contributed by atoms with Crippen LogP contribution in [0.3, 0.4) is 0 Å². The molecule has 1 heterocycles. The molecule has 1 aliphatic rings. The number of guanidine groups is 1. The number of nitrogens with zero attached hydrogens (tertiary/aromatic N) is 3. The first-order valence-electron chi connectivity index (χ1n) is 8.52. The second-order valence-electron chi connectivity index (χ2n) is 6.01. The van der Waals surface area contributed by atoms with E-state index < -0.39 is 0 Å². The van der Waals surface area contributed by atoms with Crippen LogP contribution < -0.4 is 5.32 Å². The molecule has 1 N–H and O–H groups in total. The Bertz CT molecular complexity index is 478. The van der Waals surface area contributed by atoms with E-state index in [0.717, 1.165) is 45.2 Å². The Labute approximate surface area is 135 Å². The normalized spacial score (nSPS) is 15.6. The maximum absolute atomic E-state index is 4.82. The molecule has 1 aromatic rings. The van der Waals surface area contributed by atoms with Gasteiger partial charge in [0.2, 0.25) is 0 Å². The van der Waals surface area contributed by atoms with Crippen LogP contribution in [0.2, 0.25) is 0 Å². The van der Waals surface area contributed by atoms with Gasteiger partial charge in [-0.05, 0) is 44.5 Å². The van der Waals surface area contributed by atoms with Crippen molar-refractivity contribution in [2.75, 3.05) is 33.2 Å². The first kappa shape index (κ1) is 16.8. The first-order valence-corrected chi connectivity index (χ1v) is 8.52. The number of likely N-dealkylation sites (tertiary alicyclic amines) is 1. The zero-order valence-corrected chi connectivity index (χ0v) is 14.3. The molecule has 1 saturated heterocycles. The predicted octanol–water partition coefficient (Wildman–Crippen LogP) is 2.70. The van der Waals surface area contributed by atoms with Crippen LogP contribution in [0, 0.1) is 0 Å². The molecular weight excluding hydrogens is 272 g/mol. The van der Waals surface area contributed by atoms with E-state index in [4.69, 9.17) is 4.99 Å². The fourth-order valence-electron chi connectivity index (χ4n) is 2.77. The Morgan fingerprint density at radius 2 is 1.95 bits per heavy atom. The summed E-state index contributed by atoms with van der Waals surface area (Å²) < 4.78 is 0. The van der Waals surface area contributed by atoms with E-state index in [0.29, 0.717) is 0 Å². The van der Waals surface area contributed by atoms with Crippen molar-refractivity contribution in [2.45, 2.75) is 39.8 Å². The molecule has 0 unspecified atom stereocenters. The van der Waals surface area contributed by atoms with Crippen molar-refractivity contribution >= 4 is 5.96 Å². The van der Waals surface area contributed by atoms with Crippen molar-refractivity contribution in [1.82, 2.24) is 15.1 Å². The van der Waals surface area contributed by atoms with Crippen LogP contribution in [-0.2, 0) is 13.1 Å². The molecule has 0 atom stereocenters. The van der Waals surface area contributed by atoms with Crippen LogP contribution in [0.15, 0.2) is 29.3 Å². The van der Waals surface area contributed by atoms with Gasteiger partial charge in [-0.2, -0.15) is 0 Å². The summed E-state index contributed by atoms with van der Waals surface area (Å²) in [6.45, 7) is 10.3. The minimum atomic E-state index is 0.752. The molecule has 22 heavy (non-hydrogen) atoms. The Hall–Kier alpha value is -1.55. The SMILES string of the molecule is CCNC(=NCc1cccc(CN(C)CC)c1)N1CCCC1. The number of aliphatic imine (C=N–C) groups is 1. The lowest BCUT2D eigenvalue weighted by molar-refractivity contribution is 0.345. The summed E-state index contributed by atoms with van der Waals surface area (Å²) in [7, 11) is 2.15. The number of rotatable bonds is 6. The molecule has 0 amide bonds. The Balaban J connectivity index is 2.01. The monoisotopic (exact) mass is 302 g/mol. The smallest absolute Gasteiger partial charge is 0.194 e. The first-order chi connectivity index (χ1) is 10.7. The van der Waals surface area contributed by atoms with Gasteiger partial charge in [0.05, 0.1) is 6.54 Å². The molecule has 4 heteroatoms. The molecule has 122 valence electrons. The highest BCUT2D eigenvalue weighted by atomic mass is 15.3. The number of benzene rings is 1. The van der Waals surface area contributed by atoms with E-state index in [1.54, 1.807) is 0 Å². The van der Waals surface area contributed by atoms with Crippen LogP contribution in [0.4, 0.5) is 0 Å². The molecule has 0 aromatic heterocycles. The third-order valence-corrected chi connectivity index (χ3v) is 4.14. The largest absolute Gasteiger partial charge is 0.357 e. The third-order valence-electron chi connectivity index (χ3n) is 4.14. The van der Waals surface area contributed by atoms with E-state index >= 15 is 0 Å². The molecule has 0 spiro atoms. The summed E-state index contributed by atoms with van der Waals surface area (Å²) in [6.07, 6.45) is 2.56. The zero-order chi connectivity index (χ0) is 15.8. The lowest BCUT2D eigenvalue weighted by Crippen LogP contribution is -2.39. The average molecular weight is 302 g/mol. The molecule has 0 bridgehead atoms. The van der Waals surface area contributed by atoms with Gasteiger partial charge in [-0.15, -0.1) is 0 Å². The Kier molecular flexibility index (Phi) is 6.72. The van der Waals surface area contributed by atoms with Gasteiger partial charge in [-0.1, -0.05) is 31.2 Å². The van der Waals surface area contributed by atoms with E-state index in [2.05, 4.69) is 60.3 Å². The topological polar surface area (TPSA) is 30.9 Å². The van der Waals surface area contributed by atoms with Crippen molar-refractivity contribution in [3.05, 3.63) is 35.4 Å². The van der Waals surface area contributed by atoms with Crippen LogP contribution >= 0.6 is 0 Å². The van der Waals surface area contributed by atoms with Crippen molar-refractivity contribution in [3.8, 4) is 0 Å². The molecule has 1 fully saturated rings.